The van der Waals surface area contributed by atoms with E-state index in [2.05, 4.69) is 15.1 Å². The van der Waals surface area contributed by atoms with E-state index in [4.69, 9.17) is 0 Å². The fourth-order valence-electron chi connectivity index (χ4n) is 2.79. The van der Waals surface area contributed by atoms with Gasteiger partial charge in [-0.25, -0.2) is 9.97 Å². The SMILES string of the molecule is Cc1nc(N2CCCC(C(F)(F)F)C2)c2cnn(C)c2n1. The number of aryl methyl sites for hydroxylation is 2. The van der Waals surface area contributed by atoms with Crippen LogP contribution in [-0.4, -0.2) is 39.0 Å². The van der Waals surface area contributed by atoms with Gasteiger partial charge in [0, 0.05) is 20.1 Å². The third-order valence-electron chi connectivity index (χ3n) is 3.87. The molecule has 0 aromatic carbocycles. The van der Waals surface area contributed by atoms with Crippen molar-refractivity contribution in [3.05, 3.63) is 12.0 Å². The molecule has 0 radical (unpaired) electrons. The largest absolute Gasteiger partial charge is 0.393 e. The van der Waals surface area contributed by atoms with Gasteiger partial charge >= 0.3 is 6.18 Å². The summed E-state index contributed by atoms with van der Waals surface area (Å²) in [6.07, 6.45) is -1.86. The van der Waals surface area contributed by atoms with E-state index in [0.29, 0.717) is 35.6 Å². The minimum absolute atomic E-state index is 0.0516. The number of hydrogen-bond acceptors (Lipinski definition) is 4. The van der Waals surface area contributed by atoms with Crippen molar-refractivity contribution in [3.63, 3.8) is 0 Å². The number of fused-ring (bicyclic) bond motifs is 1. The Hall–Kier alpha value is -1.86. The van der Waals surface area contributed by atoms with E-state index < -0.39 is 12.1 Å². The molecule has 1 aliphatic heterocycles. The van der Waals surface area contributed by atoms with Crippen LogP contribution >= 0.6 is 0 Å². The highest BCUT2D eigenvalue weighted by atomic mass is 19.4. The Morgan fingerprint density at radius 1 is 1.29 bits per heavy atom. The van der Waals surface area contributed by atoms with Crippen molar-refractivity contribution in [2.24, 2.45) is 13.0 Å². The first-order chi connectivity index (χ1) is 9.86. The lowest BCUT2D eigenvalue weighted by atomic mass is 9.97. The molecule has 3 heterocycles. The van der Waals surface area contributed by atoms with Crippen molar-refractivity contribution < 1.29 is 13.2 Å². The maximum Gasteiger partial charge on any atom is 0.393 e. The topological polar surface area (TPSA) is 46.8 Å². The Kier molecular flexibility index (Phi) is 3.26. The lowest BCUT2D eigenvalue weighted by Crippen LogP contribution is -2.42. The lowest BCUT2D eigenvalue weighted by Gasteiger charge is -2.34. The molecule has 2 aromatic rings. The fraction of sp³-hybridized carbons (Fsp3) is 0.615. The van der Waals surface area contributed by atoms with Gasteiger partial charge in [0.05, 0.1) is 17.5 Å². The third kappa shape index (κ3) is 2.54. The smallest absolute Gasteiger partial charge is 0.355 e. The summed E-state index contributed by atoms with van der Waals surface area (Å²) in [5.74, 6) is -0.206. The van der Waals surface area contributed by atoms with Gasteiger partial charge in [0.2, 0.25) is 0 Å². The Bertz CT molecular complexity index is 664. The average molecular weight is 299 g/mol. The quantitative estimate of drug-likeness (QED) is 0.811. The second-order valence-electron chi connectivity index (χ2n) is 5.43. The molecule has 2 aromatic heterocycles. The monoisotopic (exact) mass is 299 g/mol. The van der Waals surface area contributed by atoms with Gasteiger partial charge in [-0.2, -0.15) is 18.3 Å². The van der Waals surface area contributed by atoms with Gasteiger partial charge in [0.25, 0.3) is 0 Å². The molecule has 1 aliphatic rings. The average Bonchev–Trinajstić information content (AvgIpc) is 2.79. The maximum atomic E-state index is 13.0. The molecule has 8 heteroatoms. The first-order valence-corrected chi connectivity index (χ1v) is 6.84. The molecule has 0 saturated carbocycles. The molecule has 1 unspecified atom stereocenters. The predicted octanol–water partition coefficient (Wildman–Crippen LogP) is 2.45. The van der Waals surface area contributed by atoms with Gasteiger partial charge in [0.1, 0.15) is 11.6 Å². The molecule has 1 atom stereocenters. The molecule has 0 N–H and O–H groups in total. The molecule has 5 nitrogen and oxygen atoms in total. The van der Waals surface area contributed by atoms with E-state index in [0.717, 1.165) is 0 Å². The number of anilines is 1. The zero-order valence-corrected chi connectivity index (χ0v) is 11.9. The summed E-state index contributed by atoms with van der Waals surface area (Å²) in [6.45, 7) is 2.26. The van der Waals surface area contributed by atoms with Gasteiger partial charge < -0.3 is 4.90 Å². The summed E-state index contributed by atoms with van der Waals surface area (Å²) in [5, 5.41) is 4.83. The van der Waals surface area contributed by atoms with Gasteiger partial charge in [-0.3, -0.25) is 4.68 Å². The highest BCUT2D eigenvalue weighted by Gasteiger charge is 2.42. The van der Waals surface area contributed by atoms with E-state index in [9.17, 15) is 13.2 Å². The normalized spacial score (nSPS) is 20.2. The first kappa shape index (κ1) is 14.1. The summed E-state index contributed by atoms with van der Waals surface area (Å²) in [6, 6.07) is 0. The van der Waals surface area contributed by atoms with Crippen LogP contribution in [0.4, 0.5) is 19.0 Å². The van der Waals surface area contributed by atoms with Crippen molar-refractivity contribution >= 4 is 16.9 Å². The highest BCUT2D eigenvalue weighted by Crippen LogP contribution is 2.35. The van der Waals surface area contributed by atoms with E-state index in [1.165, 1.54) is 0 Å². The number of aromatic nitrogens is 4. The van der Waals surface area contributed by atoms with E-state index in [-0.39, 0.29) is 13.0 Å². The lowest BCUT2D eigenvalue weighted by molar-refractivity contribution is -0.176. The van der Waals surface area contributed by atoms with Crippen LogP contribution < -0.4 is 4.90 Å². The predicted molar refractivity (Wildman–Crippen MR) is 72.0 cm³/mol. The van der Waals surface area contributed by atoms with E-state index in [1.807, 2.05) is 0 Å². The molecule has 114 valence electrons. The minimum atomic E-state index is -4.16. The number of rotatable bonds is 1. The number of nitrogens with zero attached hydrogens (tertiary/aromatic N) is 5. The molecule has 0 spiro atoms. The Morgan fingerprint density at radius 3 is 2.76 bits per heavy atom. The van der Waals surface area contributed by atoms with Crippen molar-refractivity contribution in [1.29, 1.82) is 0 Å². The van der Waals surface area contributed by atoms with Crippen LogP contribution in [0.3, 0.4) is 0 Å². The van der Waals surface area contributed by atoms with Gasteiger partial charge in [-0.15, -0.1) is 0 Å². The summed E-state index contributed by atoms with van der Waals surface area (Å²) in [4.78, 5) is 10.4. The molecular weight excluding hydrogens is 283 g/mol. The van der Waals surface area contributed by atoms with E-state index >= 15 is 0 Å². The highest BCUT2D eigenvalue weighted by molar-refractivity contribution is 5.87. The van der Waals surface area contributed by atoms with Crippen LogP contribution in [0.1, 0.15) is 18.7 Å². The third-order valence-corrected chi connectivity index (χ3v) is 3.87. The second kappa shape index (κ2) is 4.85. The van der Waals surface area contributed by atoms with Crippen LogP contribution in [-0.2, 0) is 7.05 Å². The summed E-state index contributed by atoms with van der Waals surface area (Å²) >= 11 is 0. The molecule has 21 heavy (non-hydrogen) atoms. The second-order valence-corrected chi connectivity index (χ2v) is 5.43. The van der Waals surface area contributed by atoms with Gasteiger partial charge in [-0.1, -0.05) is 0 Å². The molecule has 1 saturated heterocycles. The van der Waals surface area contributed by atoms with Gasteiger partial charge in [-0.05, 0) is 19.8 Å². The van der Waals surface area contributed by atoms with E-state index in [1.54, 1.807) is 29.7 Å². The molecule has 0 amide bonds. The summed E-state index contributed by atoms with van der Waals surface area (Å²) < 4.78 is 40.5. The molecule has 0 aliphatic carbocycles. The van der Waals surface area contributed by atoms with Crippen LogP contribution in [0.25, 0.3) is 11.0 Å². The molecule has 1 fully saturated rings. The number of piperidine rings is 1. The van der Waals surface area contributed by atoms with Crippen LogP contribution in [0.5, 0.6) is 0 Å². The standard InChI is InChI=1S/C13H16F3N5/c1-8-18-11-10(6-17-20(11)2)12(19-8)21-5-3-4-9(7-21)13(14,15)16/h6,9H,3-5,7H2,1-2H3. The summed E-state index contributed by atoms with van der Waals surface area (Å²) in [5.41, 5.74) is 0.645. The zero-order chi connectivity index (χ0) is 15.2. The van der Waals surface area contributed by atoms with Crippen molar-refractivity contribution in [2.45, 2.75) is 25.9 Å². The Balaban J connectivity index is 2.00. The van der Waals surface area contributed by atoms with Crippen LogP contribution in [0.2, 0.25) is 0 Å². The molecular formula is C13H16F3N5. The van der Waals surface area contributed by atoms with Crippen LogP contribution in [0.15, 0.2) is 6.20 Å². The number of hydrogen-bond donors (Lipinski definition) is 0. The first-order valence-electron chi connectivity index (χ1n) is 6.84. The maximum absolute atomic E-state index is 13.0. The fourth-order valence-corrected chi connectivity index (χ4v) is 2.79. The van der Waals surface area contributed by atoms with Crippen LogP contribution in [0, 0.1) is 12.8 Å². The van der Waals surface area contributed by atoms with Crippen molar-refractivity contribution in [3.8, 4) is 0 Å². The van der Waals surface area contributed by atoms with Crippen molar-refractivity contribution in [1.82, 2.24) is 19.7 Å². The molecule has 3 rings (SSSR count). The Labute approximate surface area is 119 Å². The minimum Gasteiger partial charge on any atom is -0.355 e. The Morgan fingerprint density at radius 2 is 2.05 bits per heavy atom. The zero-order valence-electron chi connectivity index (χ0n) is 11.9. The number of halogens is 3. The van der Waals surface area contributed by atoms with Gasteiger partial charge in [0.15, 0.2) is 5.65 Å². The van der Waals surface area contributed by atoms with Crippen molar-refractivity contribution in [2.75, 3.05) is 18.0 Å². The molecule has 0 bridgehead atoms. The number of alkyl halides is 3. The summed E-state index contributed by atoms with van der Waals surface area (Å²) in [7, 11) is 1.76.